The van der Waals surface area contributed by atoms with Crippen molar-refractivity contribution in [3.05, 3.63) is 66.9 Å². The number of hydrogen-bond donors (Lipinski definition) is 0. The third-order valence-corrected chi connectivity index (χ3v) is 5.62. The van der Waals surface area contributed by atoms with Crippen molar-refractivity contribution in [3.8, 4) is 11.5 Å². The van der Waals surface area contributed by atoms with E-state index in [0.717, 1.165) is 22.7 Å². The molecule has 1 atom stereocenters. The lowest BCUT2D eigenvalue weighted by Crippen LogP contribution is -2.31. The van der Waals surface area contributed by atoms with Crippen LogP contribution in [0.5, 0.6) is 0 Å². The van der Waals surface area contributed by atoms with Gasteiger partial charge in [-0.15, -0.1) is 5.10 Å². The van der Waals surface area contributed by atoms with E-state index in [1.165, 1.54) is 11.1 Å². The minimum Gasteiger partial charge on any atom is -0.454 e. The molecular weight excluding hydrogens is 388 g/mol. The van der Waals surface area contributed by atoms with Gasteiger partial charge in [0, 0.05) is 11.8 Å². The van der Waals surface area contributed by atoms with Gasteiger partial charge >= 0.3 is 0 Å². The average molecular weight is 402 g/mol. The van der Waals surface area contributed by atoms with Crippen molar-refractivity contribution < 1.29 is 14.0 Å². The van der Waals surface area contributed by atoms with Crippen LogP contribution in [0.1, 0.15) is 6.42 Å². The van der Waals surface area contributed by atoms with Gasteiger partial charge in [0.05, 0.1) is 11.9 Å². The monoisotopic (exact) mass is 402 g/mol. The van der Waals surface area contributed by atoms with Gasteiger partial charge in [-0.3, -0.25) is 9.59 Å². The largest absolute Gasteiger partial charge is 0.454 e. The number of benzene rings is 2. The molecule has 0 saturated carbocycles. The second kappa shape index (κ2) is 7.14. The number of para-hydroxylation sites is 2. The predicted octanol–water partition coefficient (Wildman–Crippen LogP) is 3.71. The van der Waals surface area contributed by atoms with Gasteiger partial charge in [-0.05, 0) is 24.3 Å². The summed E-state index contributed by atoms with van der Waals surface area (Å²) in [5.41, 5.74) is 1.85. The summed E-state index contributed by atoms with van der Waals surface area (Å²) < 4.78 is 5.82. The summed E-state index contributed by atoms with van der Waals surface area (Å²) in [6.45, 7) is 0. The fourth-order valence-corrected chi connectivity index (χ4v) is 4.17. The zero-order valence-electron chi connectivity index (χ0n) is 15.1. The van der Waals surface area contributed by atoms with Crippen LogP contribution < -0.4 is 4.90 Å². The second-order valence-electron chi connectivity index (χ2n) is 6.49. The van der Waals surface area contributed by atoms with E-state index in [2.05, 4.69) is 15.2 Å². The van der Waals surface area contributed by atoms with E-state index in [0.29, 0.717) is 22.3 Å². The molecule has 1 aliphatic rings. The molecule has 29 heavy (non-hydrogen) atoms. The molecule has 0 N–H and O–H groups in total. The first-order valence-corrected chi connectivity index (χ1v) is 9.84. The highest BCUT2D eigenvalue weighted by molar-refractivity contribution is 8.00. The maximum atomic E-state index is 12.8. The molecule has 1 saturated heterocycles. The predicted molar refractivity (Wildman–Crippen MR) is 108 cm³/mol. The van der Waals surface area contributed by atoms with Crippen LogP contribution in [-0.4, -0.2) is 32.2 Å². The van der Waals surface area contributed by atoms with Gasteiger partial charge in [0.1, 0.15) is 16.5 Å². The van der Waals surface area contributed by atoms with E-state index in [-0.39, 0.29) is 18.2 Å². The maximum Gasteiger partial charge on any atom is 0.247 e. The fraction of sp³-hybridized carbons (Fsp3) is 0.0952. The van der Waals surface area contributed by atoms with Crippen LogP contribution in [0.4, 0.5) is 5.69 Å². The number of anilines is 1. The van der Waals surface area contributed by atoms with Gasteiger partial charge < -0.3 is 4.42 Å². The van der Waals surface area contributed by atoms with Gasteiger partial charge in [-0.25, -0.2) is 9.88 Å². The number of hydrogen-bond acceptors (Lipinski definition) is 7. The average Bonchev–Trinajstić information content (AvgIpc) is 3.30. The van der Waals surface area contributed by atoms with Crippen molar-refractivity contribution >= 4 is 40.2 Å². The van der Waals surface area contributed by atoms with Gasteiger partial charge in [-0.1, -0.05) is 48.2 Å². The van der Waals surface area contributed by atoms with E-state index < -0.39 is 5.25 Å². The van der Waals surface area contributed by atoms with Crippen molar-refractivity contribution in [2.45, 2.75) is 16.8 Å². The smallest absolute Gasteiger partial charge is 0.247 e. The summed E-state index contributed by atoms with van der Waals surface area (Å²) in [5.74, 6) is 0.0618. The van der Waals surface area contributed by atoms with Gasteiger partial charge in [0.15, 0.2) is 5.76 Å². The summed E-state index contributed by atoms with van der Waals surface area (Å²) in [5, 5.41) is 8.71. The molecule has 2 amide bonds. The van der Waals surface area contributed by atoms with Crippen LogP contribution in [0.15, 0.2) is 76.4 Å². The molecular formula is C21H14N4O3S. The van der Waals surface area contributed by atoms with Crippen molar-refractivity contribution in [2.75, 3.05) is 4.90 Å². The molecule has 1 fully saturated rings. The fourth-order valence-electron chi connectivity index (χ4n) is 3.24. The topological polar surface area (TPSA) is 89.2 Å². The molecule has 0 bridgehead atoms. The Labute approximate surface area is 169 Å². The zero-order chi connectivity index (χ0) is 19.8. The Balaban J connectivity index is 1.39. The molecule has 2 aromatic heterocycles. The Morgan fingerprint density at radius 3 is 2.66 bits per heavy atom. The molecule has 142 valence electrons. The molecule has 4 aromatic rings. The number of thioether (sulfide) groups is 1. The number of rotatable bonds is 4. The van der Waals surface area contributed by atoms with E-state index in [1.807, 2.05) is 36.4 Å². The Morgan fingerprint density at radius 1 is 1.03 bits per heavy atom. The highest BCUT2D eigenvalue weighted by Gasteiger charge is 2.40. The van der Waals surface area contributed by atoms with E-state index >= 15 is 0 Å². The third-order valence-electron chi connectivity index (χ3n) is 4.58. The van der Waals surface area contributed by atoms with Crippen LogP contribution in [0.2, 0.25) is 0 Å². The summed E-state index contributed by atoms with van der Waals surface area (Å²) in [7, 11) is 0. The van der Waals surface area contributed by atoms with Gasteiger partial charge in [-0.2, -0.15) is 5.10 Å². The van der Waals surface area contributed by atoms with Crippen LogP contribution in [0, 0.1) is 0 Å². The molecule has 0 radical (unpaired) electrons. The quantitative estimate of drug-likeness (QED) is 0.481. The first-order valence-electron chi connectivity index (χ1n) is 8.96. The molecule has 5 rings (SSSR count). The Morgan fingerprint density at radius 2 is 1.83 bits per heavy atom. The van der Waals surface area contributed by atoms with Crippen LogP contribution in [0.3, 0.4) is 0 Å². The first kappa shape index (κ1) is 17.6. The number of carbonyl (C=O) groups is 2. The lowest BCUT2D eigenvalue weighted by Gasteiger charge is -2.14. The normalized spacial score (nSPS) is 16.7. The minimum absolute atomic E-state index is 0.0939. The highest BCUT2D eigenvalue weighted by Crippen LogP contribution is 2.33. The lowest BCUT2D eigenvalue weighted by molar-refractivity contribution is -0.121. The number of fused-ring (bicyclic) bond motifs is 1. The van der Waals surface area contributed by atoms with E-state index in [9.17, 15) is 9.59 Å². The van der Waals surface area contributed by atoms with Crippen molar-refractivity contribution in [1.82, 2.24) is 15.2 Å². The van der Waals surface area contributed by atoms with Gasteiger partial charge in [0.2, 0.25) is 17.0 Å². The molecule has 3 heterocycles. The number of amides is 2. The summed E-state index contributed by atoms with van der Waals surface area (Å²) in [4.78, 5) is 30.9. The zero-order valence-corrected chi connectivity index (χ0v) is 15.9. The SMILES string of the molecule is O=C1CC(Sc2nncc(-c3cc4ccccc4o3)n2)C(=O)N1c1ccccc1. The number of aromatic nitrogens is 3. The number of carbonyl (C=O) groups excluding carboxylic acids is 2. The van der Waals surface area contributed by atoms with Crippen LogP contribution in [-0.2, 0) is 9.59 Å². The van der Waals surface area contributed by atoms with E-state index in [1.54, 1.807) is 24.3 Å². The summed E-state index contributed by atoms with van der Waals surface area (Å²) in [6, 6.07) is 18.4. The molecule has 0 spiro atoms. The van der Waals surface area contributed by atoms with Crippen molar-refractivity contribution in [3.63, 3.8) is 0 Å². The van der Waals surface area contributed by atoms with Crippen LogP contribution >= 0.6 is 11.8 Å². The molecule has 0 aliphatic carbocycles. The van der Waals surface area contributed by atoms with Crippen molar-refractivity contribution in [1.29, 1.82) is 0 Å². The summed E-state index contributed by atoms with van der Waals surface area (Å²) in [6.07, 6.45) is 1.61. The number of furan rings is 1. The van der Waals surface area contributed by atoms with Crippen molar-refractivity contribution in [2.24, 2.45) is 0 Å². The summed E-state index contributed by atoms with van der Waals surface area (Å²) >= 11 is 1.14. The molecule has 2 aromatic carbocycles. The highest BCUT2D eigenvalue weighted by atomic mass is 32.2. The second-order valence-corrected chi connectivity index (χ2v) is 7.66. The first-order chi connectivity index (χ1) is 14.2. The van der Waals surface area contributed by atoms with Crippen LogP contribution in [0.25, 0.3) is 22.4 Å². The molecule has 8 heteroatoms. The number of imide groups is 1. The maximum absolute atomic E-state index is 12.8. The molecule has 1 aliphatic heterocycles. The molecule has 1 unspecified atom stereocenters. The Kier molecular flexibility index (Phi) is 4.33. The standard InChI is InChI=1S/C21H14N4O3S/c26-19-11-18(20(27)25(19)14-7-2-1-3-8-14)29-21-23-15(12-22-24-21)17-10-13-6-4-5-9-16(13)28-17/h1-10,12,18H,11H2. The Bertz CT molecular complexity index is 1190. The third kappa shape index (κ3) is 3.27. The Hall–Kier alpha value is -3.52. The molecule has 7 nitrogen and oxygen atoms in total. The van der Waals surface area contributed by atoms with Gasteiger partial charge in [0.25, 0.3) is 0 Å². The lowest BCUT2D eigenvalue weighted by atomic mass is 10.2. The van der Waals surface area contributed by atoms with E-state index in [4.69, 9.17) is 4.42 Å². The number of nitrogens with zero attached hydrogens (tertiary/aromatic N) is 4. The minimum atomic E-state index is -0.588.